The first-order chi connectivity index (χ1) is 15.6. The fourth-order valence-corrected chi connectivity index (χ4v) is 3.63. The van der Waals surface area contributed by atoms with E-state index in [1.54, 1.807) is 0 Å². The van der Waals surface area contributed by atoms with Crippen LogP contribution in [0.25, 0.3) is 0 Å². The van der Waals surface area contributed by atoms with Gasteiger partial charge < -0.3 is 14.9 Å². The van der Waals surface area contributed by atoms with E-state index in [1.165, 1.54) is 11.1 Å². The van der Waals surface area contributed by atoms with Crippen molar-refractivity contribution in [1.29, 1.82) is 0 Å². The van der Waals surface area contributed by atoms with Crippen molar-refractivity contribution in [3.05, 3.63) is 65.3 Å². The third kappa shape index (κ3) is 12.3. The van der Waals surface area contributed by atoms with Crippen LogP contribution in [0.4, 0.5) is 0 Å². The first kappa shape index (κ1) is 31.7. The van der Waals surface area contributed by atoms with E-state index in [9.17, 15) is 0 Å². The number of aryl methyl sites for hydroxylation is 1. The van der Waals surface area contributed by atoms with E-state index >= 15 is 0 Å². The fourth-order valence-electron chi connectivity index (χ4n) is 3.63. The molecule has 0 spiro atoms. The molecule has 0 bridgehead atoms. The van der Waals surface area contributed by atoms with Crippen LogP contribution in [0.2, 0.25) is 0 Å². The summed E-state index contributed by atoms with van der Waals surface area (Å²) in [6.45, 7) is 25.0. The summed E-state index contributed by atoms with van der Waals surface area (Å²) in [5, 5.41) is 16.9. The van der Waals surface area contributed by atoms with Crippen molar-refractivity contribution in [2.45, 2.75) is 93.1 Å². The first-order valence-electron chi connectivity index (χ1n) is 12.1. The molecular formula is C31H48O3. The number of aliphatic hydroxyl groups is 2. The van der Waals surface area contributed by atoms with E-state index in [1.807, 2.05) is 58.9 Å². The summed E-state index contributed by atoms with van der Waals surface area (Å²) in [5.41, 5.74) is 4.66. The summed E-state index contributed by atoms with van der Waals surface area (Å²) < 4.78 is 6.17. The summed E-state index contributed by atoms with van der Waals surface area (Å²) in [6.07, 6.45) is 9.38. The monoisotopic (exact) mass is 468 g/mol. The molecule has 2 rings (SSSR count). The van der Waals surface area contributed by atoms with Gasteiger partial charge >= 0.3 is 0 Å². The van der Waals surface area contributed by atoms with Crippen LogP contribution in [0.5, 0.6) is 5.75 Å². The Kier molecular flexibility index (Phi) is 13.2. The Morgan fingerprint density at radius 2 is 1.74 bits per heavy atom. The van der Waals surface area contributed by atoms with Gasteiger partial charge in [0.05, 0.1) is 0 Å². The highest BCUT2D eigenvalue weighted by molar-refractivity contribution is 5.53. The van der Waals surface area contributed by atoms with Crippen LogP contribution in [-0.2, 0) is 5.41 Å². The molecule has 0 fully saturated rings. The van der Waals surface area contributed by atoms with Crippen LogP contribution < -0.4 is 4.74 Å². The zero-order valence-corrected chi connectivity index (χ0v) is 23.3. The van der Waals surface area contributed by atoms with Crippen LogP contribution >= 0.6 is 0 Å². The number of fused-ring (bicyclic) bond motifs is 1. The zero-order chi connectivity index (χ0) is 26.6. The highest BCUT2D eigenvalue weighted by Gasteiger charge is 2.39. The van der Waals surface area contributed by atoms with Gasteiger partial charge in [-0.15, -0.1) is 5.92 Å². The summed E-state index contributed by atoms with van der Waals surface area (Å²) in [7, 11) is 0. The maximum Gasteiger partial charge on any atom is 0.126 e. The van der Waals surface area contributed by atoms with Crippen LogP contribution in [-0.4, -0.2) is 29.0 Å². The number of allylic oxidation sites excluding steroid dienone is 4. The van der Waals surface area contributed by atoms with Gasteiger partial charge in [-0.2, -0.15) is 0 Å². The van der Waals surface area contributed by atoms with Crippen molar-refractivity contribution >= 4 is 0 Å². The molecule has 0 atom stereocenters. The summed E-state index contributed by atoms with van der Waals surface area (Å²) in [6, 6.07) is 4.31. The van der Waals surface area contributed by atoms with Gasteiger partial charge in [-0.3, -0.25) is 0 Å². The lowest BCUT2D eigenvalue weighted by atomic mass is 9.73. The van der Waals surface area contributed by atoms with Crippen molar-refractivity contribution in [1.82, 2.24) is 0 Å². The maximum absolute atomic E-state index is 8.48. The highest BCUT2D eigenvalue weighted by atomic mass is 16.5. The molecule has 1 heterocycles. The molecule has 3 nitrogen and oxygen atoms in total. The fraction of sp³-hybridized carbons (Fsp3) is 0.548. The number of aliphatic hydroxyl groups excluding tert-OH is 2. The summed E-state index contributed by atoms with van der Waals surface area (Å²) >= 11 is 0. The average molecular weight is 469 g/mol. The van der Waals surface area contributed by atoms with Gasteiger partial charge in [-0.05, 0) is 76.0 Å². The highest BCUT2D eigenvalue weighted by Crippen LogP contribution is 2.46. The summed E-state index contributed by atoms with van der Waals surface area (Å²) in [4.78, 5) is 0. The number of ether oxygens (including phenoxy) is 1. The van der Waals surface area contributed by atoms with Crippen LogP contribution in [0.15, 0.2) is 48.6 Å². The minimum atomic E-state index is -0.0980. The molecule has 0 saturated heterocycles. The van der Waals surface area contributed by atoms with E-state index in [0.29, 0.717) is 6.42 Å². The Hall–Kier alpha value is -2.28. The smallest absolute Gasteiger partial charge is 0.126 e. The van der Waals surface area contributed by atoms with Gasteiger partial charge in [0.25, 0.3) is 0 Å². The second kappa shape index (κ2) is 14.2. The molecule has 0 amide bonds. The molecule has 1 aliphatic heterocycles. The predicted molar refractivity (Wildman–Crippen MR) is 147 cm³/mol. The molecule has 0 aliphatic carbocycles. The quantitative estimate of drug-likeness (QED) is 0.360. The van der Waals surface area contributed by atoms with Crippen LogP contribution in [0.3, 0.4) is 0 Å². The average Bonchev–Trinajstić information content (AvgIpc) is 2.69. The zero-order valence-electron chi connectivity index (χ0n) is 23.3. The second-order valence-corrected chi connectivity index (χ2v) is 11.2. The van der Waals surface area contributed by atoms with E-state index in [0.717, 1.165) is 23.3 Å². The largest absolute Gasteiger partial charge is 0.487 e. The van der Waals surface area contributed by atoms with Gasteiger partial charge in [0, 0.05) is 24.3 Å². The molecule has 0 saturated carbocycles. The molecule has 0 aromatic heterocycles. The van der Waals surface area contributed by atoms with E-state index in [-0.39, 0.29) is 29.6 Å². The maximum atomic E-state index is 8.48. The Morgan fingerprint density at radius 1 is 1.15 bits per heavy atom. The van der Waals surface area contributed by atoms with Crippen molar-refractivity contribution in [2.24, 2.45) is 5.41 Å². The normalized spacial score (nSPS) is 15.6. The Bertz CT molecular complexity index is 897. The van der Waals surface area contributed by atoms with E-state index < -0.39 is 0 Å². The molecule has 1 aromatic carbocycles. The van der Waals surface area contributed by atoms with Crippen LogP contribution in [0.1, 0.15) is 91.8 Å². The van der Waals surface area contributed by atoms with Crippen molar-refractivity contribution in [3.63, 3.8) is 0 Å². The third-order valence-electron chi connectivity index (χ3n) is 5.06. The van der Waals surface area contributed by atoms with Gasteiger partial charge in [0.2, 0.25) is 0 Å². The lowest BCUT2D eigenvalue weighted by molar-refractivity contribution is 0.0525. The summed E-state index contributed by atoms with van der Waals surface area (Å²) in [5.74, 6) is 7.18. The molecule has 0 unspecified atom stereocenters. The molecule has 1 aliphatic rings. The number of hydrogen-bond donors (Lipinski definition) is 2. The number of benzene rings is 1. The van der Waals surface area contributed by atoms with Crippen molar-refractivity contribution < 1.29 is 14.9 Å². The first-order valence-corrected chi connectivity index (χ1v) is 12.1. The molecule has 1 aromatic rings. The lowest BCUT2D eigenvalue weighted by Crippen LogP contribution is -2.41. The minimum Gasteiger partial charge on any atom is -0.487 e. The molecule has 2 N–H and O–H groups in total. The second-order valence-electron chi connectivity index (χ2n) is 11.2. The number of rotatable bonds is 4. The standard InChI is InChI=1S/C17H22O.C9H14O.C5H12O/c1-7-8-13-9-12(2)15-14(10-13)16(3,4)11-17(5,6)18-15;1-3-4-5-6-9(2)7-8-10;1-5(2,3)4-6/h9-10H,11H2,1-6H3;3-6,10H,2,7-8H2,1H3;6H,4H2,1-3H3/b;4-3-,6-5-;. The van der Waals surface area contributed by atoms with Crippen LogP contribution in [0, 0.1) is 24.2 Å². The Morgan fingerprint density at radius 3 is 2.21 bits per heavy atom. The number of hydrogen-bond acceptors (Lipinski definition) is 3. The Labute approximate surface area is 209 Å². The van der Waals surface area contributed by atoms with Gasteiger partial charge in [0.15, 0.2) is 0 Å². The van der Waals surface area contributed by atoms with Crippen molar-refractivity contribution in [3.8, 4) is 17.6 Å². The van der Waals surface area contributed by atoms with E-state index in [4.69, 9.17) is 14.9 Å². The molecule has 0 radical (unpaired) electrons. The minimum absolute atomic E-state index is 0.0972. The van der Waals surface area contributed by atoms with Crippen molar-refractivity contribution in [2.75, 3.05) is 13.2 Å². The van der Waals surface area contributed by atoms with Gasteiger partial charge in [0.1, 0.15) is 11.4 Å². The van der Waals surface area contributed by atoms with Gasteiger partial charge in [-0.1, -0.05) is 77.0 Å². The molecular weight excluding hydrogens is 420 g/mol. The molecule has 190 valence electrons. The topological polar surface area (TPSA) is 49.7 Å². The molecule has 34 heavy (non-hydrogen) atoms. The SMILES string of the molecule is C=C(/C=C\C=C/C)CCO.CC#Cc1cc(C)c2c(c1)C(C)(C)CC(C)(C)O2.CC(C)(C)CO. The molecule has 3 heteroatoms. The third-order valence-corrected chi connectivity index (χ3v) is 5.06. The van der Waals surface area contributed by atoms with Gasteiger partial charge in [-0.25, -0.2) is 0 Å². The lowest BCUT2D eigenvalue weighted by Gasteiger charge is -2.43. The van der Waals surface area contributed by atoms with E-state index in [2.05, 4.69) is 65.2 Å². The Balaban J connectivity index is 0.000000575. The predicted octanol–water partition coefficient (Wildman–Crippen LogP) is 7.29.